The minimum Gasteiger partial charge on any atom is -0.301 e. The highest BCUT2D eigenvalue weighted by Crippen LogP contribution is 2.44. The largest absolute Gasteiger partial charge is 0.435 e. The van der Waals surface area contributed by atoms with Gasteiger partial charge in [0.25, 0.3) is 0 Å². The number of nitrogens with zero attached hydrogens (tertiary/aromatic N) is 2. The Balaban J connectivity index is 2.25. The maximum absolute atomic E-state index is 13.9. The summed E-state index contributed by atoms with van der Waals surface area (Å²) in [4.78, 5) is 16.2. The number of carbonyl (C=O) groups excluding carboxylic acids is 1. The number of alkyl halides is 3. The van der Waals surface area contributed by atoms with Crippen LogP contribution in [0.1, 0.15) is 5.56 Å². The Bertz CT molecular complexity index is 709. The number of hydrogen-bond acceptors (Lipinski definition) is 2. The monoisotopic (exact) mass is 327 g/mol. The van der Waals surface area contributed by atoms with Gasteiger partial charge in [-0.1, -0.05) is 29.8 Å². The van der Waals surface area contributed by atoms with Crippen molar-refractivity contribution in [3.63, 3.8) is 0 Å². The molecule has 1 atom stereocenters. The number of nitrogens with one attached hydrogen (secondary N) is 1. The summed E-state index contributed by atoms with van der Waals surface area (Å²) in [5.41, 5.74) is -2.89. The first-order valence-electron chi connectivity index (χ1n) is 6.22. The van der Waals surface area contributed by atoms with Gasteiger partial charge < -0.3 is 5.32 Å². The summed E-state index contributed by atoms with van der Waals surface area (Å²) in [7, 11) is 0. The first-order chi connectivity index (χ1) is 10.3. The number of urea groups is 1. The first-order valence-corrected chi connectivity index (χ1v) is 6.60. The zero-order chi connectivity index (χ0) is 16.0. The Morgan fingerprint density at radius 2 is 1.86 bits per heavy atom. The van der Waals surface area contributed by atoms with E-state index in [1.165, 1.54) is 48.7 Å². The highest BCUT2D eigenvalue weighted by Gasteiger charge is 2.63. The van der Waals surface area contributed by atoms with Gasteiger partial charge in [-0.2, -0.15) is 18.2 Å². The Morgan fingerprint density at radius 3 is 2.50 bits per heavy atom. The first kappa shape index (κ1) is 14.6. The van der Waals surface area contributed by atoms with Crippen molar-refractivity contribution in [2.75, 3.05) is 0 Å². The van der Waals surface area contributed by atoms with Gasteiger partial charge in [0.05, 0.1) is 0 Å². The molecular formula is C14H9ClF3N3O. The molecule has 0 saturated heterocycles. The second-order valence-corrected chi connectivity index (χ2v) is 5.12. The maximum Gasteiger partial charge on any atom is 0.435 e. The molecule has 0 unspecified atom stereocenters. The predicted octanol–water partition coefficient (Wildman–Crippen LogP) is 3.56. The fourth-order valence-electron chi connectivity index (χ4n) is 2.43. The summed E-state index contributed by atoms with van der Waals surface area (Å²) in [5, 5.41) is 2.25. The van der Waals surface area contributed by atoms with Gasteiger partial charge in [0, 0.05) is 16.8 Å². The molecule has 2 aliphatic rings. The number of aliphatic imine (C=N–C) groups is 1. The van der Waals surface area contributed by atoms with E-state index in [0.29, 0.717) is 5.02 Å². The smallest absolute Gasteiger partial charge is 0.301 e. The Morgan fingerprint density at radius 1 is 1.18 bits per heavy atom. The summed E-state index contributed by atoms with van der Waals surface area (Å²) in [5.74, 6) is -0.0847. The third kappa shape index (κ3) is 2.09. The zero-order valence-electron chi connectivity index (χ0n) is 10.9. The van der Waals surface area contributed by atoms with Gasteiger partial charge in [-0.25, -0.2) is 4.79 Å². The van der Waals surface area contributed by atoms with E-state index >= 15 is 0 Å². The molecule has 4 nitrogen and oxygen atoms in total. The highest BCUT2D eigenvalue weighted by atomic mass is 35.5. The number of benzene rings is 1. The molecule has 22 heavy (non-hydrogen) atoms. The number of amidine groups is 1. The molecular weight excluding hydrogens is 319 g/mol. The second kappa shape index (κ2) is 4.88. The number of carbonyl (C=O) groups is 1. The zero-order valence-corrected chi connectivity index (χ0v) is 11.7. The molecule has 1 aromatic carbocycles. The average Bonchev–Trinajstić information content (AvgIpc) is 2.46. The molecule has 1 N–H and O–H groups in total. The third-order valence-electron chi connectivity index (χ3n) is 3.38. The molecule has 0 fully saturated rings. The third-order valence-corrected chi connectivity index (χ3v) is 3.63. The molecule has 0 aliphatic carbocycles. The fourth-order valence-corrected chi connectivity index (χ4v) is 2.56. The molecule has 114 valence electrons. The lowest BCUT2D eigenvalue weighted by molar-refractivity contribution is -0.227. The minimum absolute atomic E-state index is 0.0847. The topological polar surface area (TPSA) is 44.7 Å². The number of halogens is 4. The van der Waals surface area contributed by atoms with E-state index in [4.69, 9.17) is 11.6 Å². The summed E-state index contributed by atoms with van der Waals surface area (Å²) < 4.78 is 41.8. The molecule has 8 heteroatoms. The van der Waals surface area contributed by atoms with Crippen molar-refractivity contribution in [3.8, 4) is 0 Å². The summed E-state index contributed by atoms with van der Waals surface area (Å²) in [6, 6.07) is 4.08. The molecule has 0 radical (unpaired) electrons. The van der Waals surface area contributed by atoms with Gasteiger partial charge in [0.15, 0.2) is 0 Å². The van der Waals surface area contributed by atoms with Crippen LogP contribution in [0.5, 0.6) is 0 Å². The van der Waals surface area contributed by atoms with Gasteiger partial charge in [0.2, 0.25) is 5.66 Å². The van der Waals surface area contributed by atoms with Crippen LogP contribution in [0.2, 0.25) is 5.02 Å². The van der Waals surface area contributed by atoms with Crippen molar-refractivity contribution in [1.82, 2.24) is 10.2 Å². The SMILES string of the molecule is O=C1N=C2C=CC=CN2[C@@](c2ccc(Cl)cc2)(C(F)(F)F)N1. The van der Waals surface area contributed by atoms with Gasteiger partial charge in [-0.3, -0.25) is 4.90 Å². The van der Waals surface area contributed by atoms with Crippen LogP contribution >= 0.6 is 11.6 Å². The average molecular weight is 328 g/mol. The maximum atomic E-state index is 13.9. The number of fused-ring (bicyclic) bond motifs is 1. The van der Waals surface area contributed by atoms with Crippen LogP contribution in [-0.2, 0) is 5.66 Å². The Hall–Kier alpha value is -2.28. The van der Waals surface area contributed by atoms with E-state index in [1.807, 2.05) is 5.32 Å². The van der Waals surface area contributed by atoms with E-state index in [0.717, 1.165) is 4.90 Å². The van der Waals surface area contributed by atoms with E-state index in [1.54, 1.807) is 0 Å². The van der Waals surface area contributed by atoms with Gasteiger partial charge in [0.1, 0.15) is 5.84 Å². The fraction of sp³-hybridized carbons (Fsp3) is 0.143. The van der Waals surface area contributed by atoms with E-state index in [9.17, 15) is 18.0 Å². The number of hydrogen-bond donors (Lipinski definition) is 1. The van der Waals surface area contributed by atoms with Gasteiger partial charge >= 0.3 is 12.2 Å². The molecule has 2 aliphatic heterocycles. The predicted molar refractivity (Wildman–Crippen MR) is 75.3 cm³/mol. The molecule has 0 saturated carbocycles. The number of amides is 2. The van der Waals surface area contributed by atoms with Crippen LogP contribution in [0, 0.1) is 0 Å². The molecule has 0 aromatic heterocycles. The van der Waals surface area contributed by atoms with Crippen molar-refractivity contribution in [3.05, 3.63) is 59.3 Å². The lowest BCUT2D eigenvalue weighted by atomic mass is 9.95. The van der Waals surface area contributed by atoms with Crippen LogP contribution in [0.3, 0.4) is 0 Å². The molecule has 0 bridgehead atoms. The molecule has 0 spiro atoms. The van der Waals surface area contributed by atoms with Gasteiger partial charge in [-0.05, 0) is 24.3 Å². The Kier molecular flexibility index (Phi) is 3.25. The van der Waals surface area contributed by atoms with E-state index in [2.05, 4.69) is 4.99 Å². The highest BCUT2D eigenvalue weighted by molar-refractivity contribution is 6.30. The summed E-state index contributed by atoms with van der Waals surface area (Å²) in [6.45, 7) is 0. The van der Waals surface area contributed by atoms with Crippen LogP contribution in [-0.4, -0.2) is 22.9 Å². The normalized spacial score (nSPS) is 23.9. The van der Waals surface area contributed by atoms with Crippen molar-refractivity contribution < 1.29 is 18.0 Å². The van der Waals surface area contributed by atoms with Crippen LogP contribution in [0.15, 0.2) is 53.7 Å². The lowest BCUT2D eigenvalue weighted by Crippen LogP contribution is -2.68. The van der Waals surface area contributed by atoms with Crippen molar-refractivity contribution in [2.24, 2.45) is 4.99 Å². The molecule has 2 amide bonds. The van der Waals surface area contributed by atoms with E-state index in [-0.39, 0.29) is 11.4 Å². The van der Waals surface area contributed by atoms with Crippen LogP contribution in [0.4, 0.5) is 18.0 Å². The summed E-state index contributed by atoms with van der Waals surface area (Å²) in [6.07, 6.45) is 0.729. The molecule has 3 rings (SSSR count). The van der Waals surface area contributed by atoms with Crippen LogP contribution < -0.4 is 5.32 Å². The molecule has 1 aromatic rings. The standard InChI is InChI=1S/C14H9ClF3N3O/c15-10-6-4-9(5-7-10)13(14(16,17)18)20-12(22)19-11-3-1-2-8-21(11)13/h1-8H,(H,20,22)/t13-/m0/s1. The van der Waals surface area contributed by atoms with Crippen LogP contribution in [0.25, 0.3) is 0 Å². The van der Waals surface area contributed by atoms with Crippen molar-refractivity contribution in [1.29, 1.82) is 0 Å². The van der Waals surface area contributed by atoms with Crippen molar-refractivity contribution >= 4 is 23.5 Å². The Labute approximate surface area is 128 Å². The van der Waals surface area contributed by atoms with Crippen molar-refractivity contribution in [2.45, 2.75) is 11.8 Å². The lowest BCUT2D eigenvalue weighted by Gasteiger charge is -2.46. The van der Waals surface area contributed by atoms with Gasteiger partial charge in [-0.15, -0.1) is 0 Å². The number of allylic oxidation sites excluding steroid dienone is 2. The number of rotatable bonds is 1. The van der Waals surface area contributed by atoms with E-state index < -0.39 is 17.9 Å². The summed E-state index contributed by atoms with van der Waals surface area (Å²) >= 11 is 5.75. The second-order valence-electron chi connectivity index (χ2n) is 4.69. The minimum atomic E-state index is -4.78. The molecule has 2 heterocycles. The quantitative estimate of drug-likeness (QED) is 0.857.